The maximum Gasteiger partial charge on any atom is 0.253 e. The molecule has 144 valence electrons. The second kappa shape index (κ2) is 7.84. The predicted molar refractivity (Wildman–Crippen MR) is 105 cm³/mol. The number of halogens is 1. The molecule has 1 aliphatic heterocycles. The van der Waals surface area contributed by atoms with E-state index >= 15 is 0 Å². The minimum absolute atomic E-state index is 0.109. The Labute approximate surface area is 164 Å². The number of carbonyl (C=O) groups is 1. The summed E-state index contributed by atoms with van der Waals surface area (Å²) in [6.45, 7) is 2.44. The Hall–Kier alpha value is -2.16. The Bertz CT molecular complexity index is 924. The molecule has 1 amide bonds. The van der Waals surface area contributed by atoms with E-state index in [0.717, 1.165) is 10.1 Å². The standard InChI is InChI=1S/C18H21ClN4O3S/c1-21(2)27(25,26)15-8-6-14(7-9-15)18(24)23-12-10-22(11-13-23)17-5-3-4-16(19)20-17/h3-9H,10-13H2,1-2H3. The lowest BCUT2D eigenvalue weighted by Crippen LogP contribution is -2.49. The number of aromatic nitrogens is 1. The van der Waals surface area contributed by atoms with Gasteiger partial charge in [0.2, 0.25) is 10.0 Å². The highest BCUT2D eigenvalue weighted by Gasteiger charge is 2.24. The Morgan fingerprint density at radius 2 is 1.67 bits per heavy atom. The second-order valence-corrected chi connectivity index (χ2v) is 8.95. The van der Waals surface area contributed by atoms with Gasteiger partial charge in [0.15, 0.2) is 0 Å². The van der Waals surface area contributed by atoms with Gasteiger partial charge < -0.3 is 9.80 Å². The molecule has 7 nitrogen and oxygen atoms in total. The van der Waals surface area contributed by atoms with Crippen molar-refractivity contribution in [3.8, 4) is 0 Å². The molecule has 9 heteroatoms. The summed E-state index contributed by atoms with van der Waals surface area (Å²) in [5, 5.41) is 0.443. The van der Waals surface area contributed by atoms with Gasteiger partial charge in [-0.05, 0) is 36.4 Å². The lowest BCUT2D eigenvalue weighted by Gasteiger charge is -2.35. The lowest BCUT2D eigenvalue weighted by molar-refractivity contribution is 0.0746. The molecule has 1 aromatic carbocycles. The van der Waals surface area contributed by atoms with E-state index in [9.17, 15) is 13.2 Å². The summed E-state index contributed by atoms with van der Waals surface area (Å²) in [7, 11) is -0.552. The van der Waals surface area contributed by atoms with Gasteiger partial charge in [0.05, 0.1) is 4.90 Å². The van der Waals surface area contributed by atoms with E-state index in [4.69, 9.17) is 11.6 Å². The number of hydrogen-bond acceptors (Lipinski definition) is 5. The normalized spacial score (nSPS) is 15.3. The highest BCUT2D eigenvalue weighted by Crippen LogP contribution is 2.19. The Kier molecular flexibility index (Phi) is 5.69. The first-order valence-electron chi connectivity index (χ1n) is 8.48. The monoisotopic (exact) mass is 408 g/mol. The average molecular weight is 409 g/mol. The van der Waals surface area contributed by atoms with Gasteiger partial charge in [0.25, 0.3) is 5.91 Å². The number of pyridine rings is 1. The highest BCUT2D eigenvalue weighted by molar-refractivity contribution is 7.89. The molecule has 0 unspecified atom stereocenters. The quantitative estimate of drug-likeness (QED) is 0.723. The summed E-state index contributed by atoms with van der Waals surface area (Å²) in [6.07, 6.45) is 0. The molecule has 1 aliphatic rings. The van der Waals surface area contributed by atoms with Crippen LogP contribution in [0.25, 0.3) is 0 Å². The van der Waals surface area contributed by atoms with Crippen LogP contribution in [0.2, 0.25) is 5.15 Å². The fourth-order valence-electron chi connectivity index (χ4n) is 2.88. The van der Waals surface area contributed by atoms with Gasteiger partial charge >= 0.3 is 0 Å². The van der Waals surface area contributed by atoms with E-state index < -0.39 is 10.0 Å². The van der Waals surface area contributed by atoms with Crippen molar-refractivity contribution in [2.24, 2.45) is 0 Å². The molecule has 0 bridgehead atoms. The van der Waals surface area contributed by atoms with Crippen LogP contribution in [0, 0.1) is 0 Å². The summed E-state index contributed by atoms with van der Waals surface area (Å²) in [6, 6.07) is 11.5. The third kappa shape index (κ3) is 4.23. The number of nitrogens with zero attached hydrogens (tertiary/aromatic N) is 4. The first-order chi connectivity index (χ1) is 12.8. The number of anilines is 1. The van der Waals surface area contributed by atoms with E-state index in [1.807, 2.05) is 12.1 Å². The Balaban J connectivity index is 1.66. The molecule has 27 heavy (non-hydrogen) atoms. The van der Waals surface area contributed by atoms with Crippen LogP contribution in [0.5, 0.6) is 0 Å². The van der Waals surface area contributed by atoms with Gasteiger partial charge in [-0.3, -0.25) is 4.79 Å². The number of rotatable bonds is 4. The fraction of sp³-hybridized carbons (Fsp3) is 0.333. The van der Waals surface area contributed by atoms with E-state index in [1.54, 1.807) is 23.1 Å². The summed E-state index contributed by atoms with van der Waals surface area (Å²) in [5.74, 6) is 0.690. The van der Waals surface area contributed by atoms with Crippen LogP contribution in [0.15, 0.2) is 47.4 Å². The third-order valence-electron chi connectivity index (χ3n) is 4.47. The van der Waals surface area contributed by atoms with Gasteiger partial charge in [0.1, 0.15) is 11.0 Å². The maximum atomic E-state index is 12.7. The van der Waals surface area contributed by atoms with Gasteiger partial charge in [-0.1, -0.05) is 17.7 Å². The van der Waals surface area contributed by atoms with Crippen LogP contribution in [0.1, 0.15) is 10.4 Å². The number of sulfonamides is 1. The largest absolute Gasteiger partial charge is 0.353 e. The smallest absolute Gasteiger partial charge is 0.253 e. The van der Waals surface area contributed by atoms with E-state index in [2.05, 4.69) is 9.88 Å². The van der Waals surface area contributed by atoms with Crippen molar-refractivity contribution in [1.82, 2.24) is 14.2 Å². The SMILES string of the molecule is CN(C)S(=O)(=O)c1ccc(C(=O)N2CCN(c3cccc(Cl)n3)CC2)cc1. The molecule has 0 saturated carbocycles. The molecule has 2 heterocycles. The van der Waals surface area contributed by atoms with Crippen molar-refractivity contribution in [2.75, 3.05) is 45.2 Å². The van der Waals surface area contributed by atoms with Crippen molar-refractivity contribution in [3.05, 3.63) is 53.2 Å². The molecule has 1 fully saturated rings. The molecule has 0 N–H and O–H groups in total. The van der Waals surface area contributed by atoms with Crippen LogP contribution >= 0.6 is 11.6 Å². The second-order valence-electron chi connectivity index (χ2n) is 6.41. The van der Waals surface area contributed by atoms with Crippen molar-refractivity contribution in [1.29, 1.82) is 0 Å². The summed E-state index contributed by atoms with van der Waals surface area (Å²) >= 11 is 5.94. The Morgan fingerprint density at radius 1 is 1.04 bits per heavy atom. The van der Waals surface area contributed by atoms with Crippen LogP contribution in [0.3, 0.4) is 0 Å². The van der Waals surface area contributed by atoms with Gasteiger partial charge in [0, 0.05) is 45.8 Å². The lowest BCUT2D eigenvalue weighted by atomic mass is 10.2. The summed E-state index contributed by atoms with van der Waals surface area (Å²) < 4.78 is 25.4. The molecular weight excluding hydrogens is 388 g/mol. The maximum absolute atomic E-state index is 12.7. The fourth-order valence-corrected chi connectivity index (χ4v) is 3.94. The minimum atomic E-state index is -3.50. The predicted octanol–water partition coefficient (Wildman–Crippen LogP) is 1.95. The van der Waals surface area contributed by atoms with Gasteiger partial charge in [-0.25, -0.2) is 17.7 Å². The molecule has 0 aliphatic carbocycles. The average Bonchev–Trinajstić information content (AvgIpc) is 2.67. The third-order valence-corrected chi connectivity index (χ3v) is 6.51. The van der Waals surface area contributed by atoms with Crippen molar-refractivity contribution in [3.63, 3.8) is 0 Å². The zero-order chi connectivity index (χ0) is 19.6. The molecule has 1 saturated heterocycles. The number of benzene rings is 1. The highest BCUT2D eigenvalue weighted by atomic mass is 35.5. The van der Waals surface area contributed by atoms with Crippen molar-refractivity contribution < 1.29 is 13.2 Å². The summed E-state index contributed by atoms with van der Waals surface area (Å²) in [5.41, 5.74) is 0.474. The molecule has 2 aromatic rings. The first-order valence-corrected chi connectivity index (χ1v) is 10.3. The van der Waals surface area contributed by atoms with Crippen molar-refractivity contribution >= 4 is 33.3 Å². The Morgan fingerprint density at radius 3 is 2.22 bits per heavy atom. The molecular formula is C18H21ClN4O3S. The van der Waals surface area contributed by atoms with E-state index in [0.29, 0.717) is 36.9 Å². The minimum Gasteiger partial charge on any atom is -0.353 e. The molecule has 1 aromatic heterocycles. The molecule has 3 rings (SSSR count). The number of carbonyl (C=O) groups excluding carboxylic acids is 1. The van der Waals surface area contributed by atoms with Crippen LogP contribution in [-0.4, -0.2) is 68.8 Å². The van der Waals surface area contributed by atoms with Gasteiger partial charge in [-0.15, -0.1) is 0 Å². The van der Waals surface area contributed by atoms with E-state index in [1.165, 1.54) is 26.2 Å². The summed E-state index contributed by atoms with van der Waals surface area (Å²) in [4.78, 5) is 21.0. The zero-order valence-electron chi connectivity index (χ0n) is 15.2. The number of piperazine rings is 1. The zero-order valence-corrected chi connectivity index (χ0v) is 16.7. The topological polar surface area (TPSA) is 73.8 Å². The molecule has 0 radical (unpaired) electrons. The molecule has 0 atom stereocenters. The number of hydrogen-bond donors (Lipinski definition) is 0. The number of amides is 1. The van der Waals surface area contributed by atoms with Crippen LogP contribution in [0.4, 0.5) is 5.82 Å². The van der Waals surface area contributed by atoms with Crippen LogP contribution < -0.4 is 4.90 Å². The van der Waals surface area contributed by atoms with Gasteiger partial charge in [-0.2, -0.15) is 0 Å². The first kappa shape index (κ1) is 19.6. The van der Waals surface area contributed by atoms with Crippen LogP contribution in [-0.2, 0) is 10.0 Å². The van der Waals surface area contributed by atoms with Crippen molar-refractivity contribution in [2.45, 2.75) is 4.90 Å². The van der Waals surface area contributed by atoms with E-state index in [-0.39, 0.29) is 10.8 Å². The molecule has 0 spiro atoms.